The number of benzene rings is 1. The summed E-state index contributed by atoms with van der Waals surface area (Å²) in [6.07, 6.45) is 0.892. The lowest BCUT2D eigenvalue weighted by Crippen LogP contribution is -2.41. The second kappa shape index (κ2) is 5.16. The van der Waals surface area contributed by atoms with Gasteiger partial charge in [-0.3, -0.25) is 0 Å². The van der Waals surface area contributed by atoms with Crippen LogP contribution < -0.4 is 15.8 Å². The quantitative estimate of drug-likeness (QED) is 0.810. The Morgan fingerprint density at radius 2 is 2.19 bits per heavy atom. The second-order valence-electron chi connectivity index (χ2n) is 4.09. The fourth-order valence-electron chi connectivity index (χ4n) is 1.37. The molecule has 0 bridgehead atoms. The van der Waals surface area contributed by atoms with E-state index < -0.39 is 0 Å². The summed E-state index contributed by atoms with van der Waals surface area (Å²) < 4.78 is 18.1. The molecule has 0 aliphatic heterocycles. The van der Waals surface area contributed by atoms with Crippen LogP contribution in [0, 0.1) is 5.82 Å². The zero-order valence-corrected chi connectivity index (χ0v) is 10.0. The van der Waals surface area contributed by atoms with E-state index in [-0.39, 0.29) is 17.1 Å². The predicted molar refractivity (Wildman–Crippen MR) is 64.3 cm³/mol. The molecule has 1 aromatic rings. The molecule has 1 atom stereocenters. The topological polar surface area (TPSA) is 47.3 Å². The molecular weight excluding hydrogens is 207 g/mol. The number of hydrogen-bond donors (Lipinski definition) is 2. The average Bonchev–Trinajstić information content (AvgIpc) is 2.31. The first kappa shape index (κ1) is 12.8. The van der Waals surface area contributed by atoms with Crippen LogP contribution in [0.5, 0.6) is 5.75 Å². The summed E-state index contributed by atoms with van der Waals surface area (Å²) in [5, 5.41) is 3.28. The number of nitrogens with one attached hydrogen (secondary N) is 1. The van der Waals surface area contributed by atoms with Gasteiger partial charge in [-0.25, -0.2) is 4.39 Å². The number of hydrogen-bond acceptors (Lipinski definition) is 3. The Hall–Kier alpha value is -1.29. The molecule has 3 N–H and O–H groups in total. The smallest absolute Gasteiger partial charge is 0.165 e. The molecule has 0 saturated carbocycles. The molecular formula is C12H19FN2O. The maximum atomic E-state index is 13.2. The van der Waals surface area contributed by atoms with Crippen LogP contribution in [0.25, 0.3) is 0 Å². The Morgan fingerprint density at radius 3 is 2.69 bits per heavy atom. The fourth-order valence-corrected chi connectivity index (χ4v) is 1.37. The van der Waals surface area contributed by atoms with E-state index in [0.717, 1.165) is 12.1 Å². The van der Waals surface area contributed by atoms with E-state index >= 15 is 0 Å². The van der Waals surface area contributed by atoms with Crippen LogP contribution in [0.2, 0.25) is 0 Å². The number of ether oxygens (including phenoxy) is 1. The van der Waals surface area contributed by atoms with Gasteiger partial charge in [0.05, 0.1) is 7.11 Å². The van der Waals surface area contributed by atoms with Crippen molar-refractivity contribution in [2.24, 2.45) is 5.73 Å². The summed E-state index contributed by atoms with van der Waals surface area (Å²) in [7, 11) is 1.45. The third kappa shape index (κ3) is 2.85. The molecule has 0 aromatic heterocycles. The molecule has 1 unspecified atom stereocenters. The largest absolute Gasteiger partial charge is 0.494 e. The average molecular weight is 226 g/mol. The van der Waals surface area contributed by atoms with Crippen LogP contribution in [-0.4, -0.2) is 19.2 Å². The Labute approximate surface area is 95.8 Å². The Morgan fingerprint density at radius 1 is 1.50 bits per heavy atom. The maximum Gasteiger partial charge on any atom is 0.165 e. The summed E-state index contributed by atoms with van der Waals surface area (Å²) >= 11 is 0. The van der Waals surface area contributed by atoms with E-state index in [1.165, 1.54) is 13.2 Å². The van der Waals surface area contributed by atoms with Crippen molar-refractivity contribution >= 4 is 5.69 Å². The zero-order chi connectivity index (χ0) is 12.2. The monoisotopic (exact) mass is 226 g/mol. The normalized spacial score (nSPS) is 14.3. The molecule has 1 aromatic carbocycles. The molecule has 0 spiro atoms. The highest BCUT2D eigenvalue weighted by molar-refractivity contribution is 5.50. The van der Waals surface area contributed by atoms with Gasteiger partial charge in [0.2, 0.25) is 0 Å². The van der Waals surface area contributed by atoms with Gasteiger partial charge in [-0.15, -0.1) is 0 Å². The van der Waals surface area contributed by atoms with Gasteiger partial charge < -0.3 is 15.8 Å². The fraction of sp³-hybridized carbons (Fsp3) is 0.500. The Kier molecular flexibility index (Phi) is 4.12. The van der Waals surface area contributed by atoms with E-state index in [2.05, 4.69) is 12.2 Å². The van der Waals surface area contributed by atoms with Gasteiger partial charge in [-0.1, -0.05) is 6.92 Å². The van der Waals surface area contributed by atoms with E-state index in [1.807, 2.05) is 6.92 Å². The van der Waals surface area contributed by atoms with Gasteiger partial charge in [0.25, 0.3) is 0 Å². The minimum atomic E-state index is -0.362. The van der Waals surface area contributed by atoms with Gasteiger partial charge in [-0.2, -0.15) is 0 Å². The Balaban J connectivity index is 2.89. The molecule has 0 saturated heterocycles. The van der Waals surface area contributed by atoms with Crippen molar-refractivity contribution in [3.05, 3.63) is 24.0 Å². The van der Waals surface area contributed by atoms with E-state index in [9.17, 15) is 4.39 Å². The number of halogens is 1. The molecule has 1 rings (SSSR count). The summed E-state index contributed by atoms with van der Waals surface area (Å²) in [4.78, 5) is 0. The van der Waals surface area contributed by atoms with Crippen molar-refractivity contribution in [2.45, 2.75) is 25.8 Å². The minimum absolute atomic E-state index is 0.178. The maximum absolute atomic E-state index is 13.2. The van der Waals surface area contributed by atoms with Crippen LogP contribution in [0.15, 0.2) is 18.2 Å². The minimum Gasteiger partial charge on any atom is -0.494 e. The molecule has 16 heavy (non-hydrogen) atoms. The predicted octanol–water partition coefficient (Wildman–Crippen LogP) is 2.37. The molecule has 0 fully saturated rings. The van der Waals surface area contributed by atoms with E-state index in [1.54, 1.807) is 12.1 Å². The van der Waals surface area contributed by atoms with Crippen LogP contribution in [-0.2, 0) is 0 Å². The molecule has 3 nitrogen and oxygen atoms in total. The van der Waals surface area contributed by atoms with Crippen molar-refractivity contribution in [3.8, 4) is 5.75 Å². The SMILES string of the molecule is CCC(C)(CN)Nc1ccc(F)c(OC)c1. The van der Waals surface area contributed by atoms with Gasteiger partial charge in [-0.05, 0) is 25.5 Å². The van der Waals surface area contributed by atoms with Gasteiger partial charge in [0.15, 0.2) is 11.6 Å². The van der Waals surface area contributed by atoms with Crippen LogP contribution in [0.4, 0.5) is 10.1 Å². The molecule has 4 heteroatoms. The highest BCUT2D eigenvalue weighted by Gasteiger charge is 2.19. The summed E-state index contributed by atoms with van der Waals surface area (Å²) in [6.45, 7) is 4.60. The number of nitrogens with two attached hydrogens (primary N) is 1. The molecule has 90 valence electrons. The standard InChI is InChI=1S/C12H19FN2O/c1-4-12(2,8-14)15-9-5-6-10(13)11(7-9)16-3/h5-7,15H,4,8,14H2,1-3H3. The van der Waals surface area contributed by atoms with Crippen molar-refractivity contribution in [1.29, 1.82) is 0 Å². The lowest BCUT2D eigenvalue weighted by atomic mass is 9.99. The van der Waals surface area contributed by atoms with Crippen LogP contribution >= 0.6 is 0 Å². The van der Waals surface area contributed by atoms with E-state index in [4.69, 9.17) is 10.5 Å². The van der Waals surface area contributed by atoms with Crippen molar-refractivity contribution in [1.82, 2.24) is 0 Å². The van der Waals surface area contributed by atoms with Gasteiger partial charge in [0, 0.05) is 23.8 Å². The summed E-state index contributed by atoms with van der Waals surface area (Å²) in [5.41, 5.74) is 6.33. The van der Waals surface area contributed by atoms with Gasteiger partial charge in [0.1, 0.15) is 0 Å². The van der Waals surface area contributed by atoms with Crippen molar-refractivity contribution in [3.63, 3.8) is 0 Å². The van der Waals surface area contributed by atoms with Crippen molar-refractivity contribution < 1.29 is 9.13 Å². The second-order valence-corrected chi connectivity index (χ2v) is 4.09. The van der Waals surface area contributed by atoms with Crippen molar-refractivity contribution in [2.75, 3.05) is 19.0 Å². The first-order chi connectivity index (χ1) is 7.54. The molecule has 0 radical (unpaired) electrons. The third-order valence-corrected chi connectivity index (χ3v) is 2.83. The van der Waals surface area contributed by atoms with Crippen LogP contribution in [0.3, 0.4) is 0 Å². The molecule has 0 amide bonds. The molecule has 0 heterocycles. The molecule has 0 aliphatic rings. The first-order valence-corrected chi connectivity index (χ1v) is 5.36. The number of rotatable bonds is 5. The highest BCUT2D eigenvalue weighted by Crippen LogP contribution is 2.24. The van der Waals surface area contributed by atoms with E-state index in [0.29, 0.717) is 6.54 Å². The van der Waals surface area contributed by atoms with Crippen LogP contribution in [0.1, 0.15) is 20.3 Å². The summed E-state index contributed by atoms with van der Waals surface area (Å²) in [5.74, 6) is -0.125. The van der Waals surface area contributed by atoms with Gasteiger partial charge >= 0.3 is 0 Å². The number of anilines is 1. The lowest BCUT2D eigenvalue weighted by molar-refractivity contribution is 0.386. The molecule has 0 aliphatic carbocycles. The zero-order valence-electron chi connectivity index (χ0n) is 10.0. The summed E-state index contributed by atoms with van der Waals surface area (Å²) in [6, 6.07) is 4.70. The first-order valence-electron chi connectivity index (χ1n) is 5.36. The third-order valence-electron chi connectivity index (χ3n) is 2.83. The highest BCUT2D eigenvalue weighted by atomic mass is 19.1. The lowest BCUT2D eigenvalue weighted by Gasteiger charge is -2.29. The number of methoxy groups -OCH3 is 1. The Bertz CT molecular complexity index is 351.